The molecule has 0 fully saturated rings. The van der Waals surface area contributed by atoms with Crippen LogP contribution in [0, 0.1) is 6.92 Å². The standard InChI is InChI=1S/C24H22N2O5S/c1-17-11-13-18(14-12-17)24(27)31-20(16-30-19-7-3-2-4-8-19)15-25-23-21-9-5-6-10-22(21)32(28,29)26-23/h2-14,20H,15-16H2,1H3,(H,25,26)/t20-/m1/s1. The van der Waals surface area contributed by atoms with Crippen molar-refractivity contribution in [2.24, 2.45) is 4.99 Å². The van der Waals surface area contributed by atoms with Crippen LogP contribution in [0.5, 0.6) is 5.75 Å². The Balaban J connectivity index is 1.53. The van der Waals surface area contributed by atoms with Crippen molar-refractivity contribution in [1.82, 2.24) is 4.72 Å². The molecule has 0 spiro atoms. The van der Waals surface area contributed by atoms with E-state index in [9.17, 15) is 13.2 Å². The van der Waals surface area contributed by atoms with E-state index in [0.717, 1.165) is 5.56 Å². The Bertz CT molecular complexity index is 1240. The molecule has 164 valence electrons. The number of carbonyl (C=O) groups is 1. The molecule has 0 saturated carbocycles. The molecule has 1 aliphatic heterocycles. The summed E-state index contributed by atoms with van der Waals surface area (Å²) >= 11 is 0. The Hall–Kier alpha value is -3.65. The molecular weight excluding hydrogens is 428 g/mol. The van der Waals surface area contributed by atoms with E-state index in [1.165, 1.54) is 6.07 Å². The molecule has 1 aliphatic rings. The zero-order valence-corrected chi connectivity index (χ0v) is 18.2. The maximum absolute atomic E-state index is 12.6. The van der Waals surface area contributed by atoms with Gasteiger partial charge in [-0.05, 0) is 43.3 Å². The van der Waals surface area contributed by atoms with Gasteiger partial charge < -0.3 is 9.47 Å². The van der Waals surface area contributed by atoms with Crippen LogP contribution in [0.4, 0.5) is 0 Å². The molecule has 0 radical (unpaired) electrons. The molecule has 0 bridgehead atoms. The Morgan fingerprint density at radius 3 is 2.41 bits per heavy atom. The van der Waals surface area contributed by atoms with Crippen LogP contribution >= 0.6 is 0 Å². The minimum Gasteiger partial charge on any atom is -0.490 e. The number of esters is 1. The summed E-state index contributed by atoms with van der Waals surface area (Å²) in [7, 11) is -3.65. The van der Waals surface area contributed by atoms with E-state index in [1.54, 1.807) is 42.5 Å². The second kappa shape index (κ2) is 9.23. The molecule has 0 amide bonds. The van der Waals surface area contributed by atoms with E-state index in [0.29, 0.717) is 16.9 Å². The van der Waals surface area contributed by atoms with Gasteiger partial charge >= 0.3 is 5.97 Å². The van der Waals surface area contributed by atoms with Crippen molar-refractivity contribution in [3.05, 3.63) is 95.6 Å². The molecule has 0 aliphatic carbocycles. The van der Waals surface area contributed by atoms with Crippen LogP contribution in [0.15, 0.2) is 88.8 Å². The van der Waals surface area contributed by atoms with Crippen molar-refractivity contribution in [3.8, 4) is 5.75 Å². The third-order valence-corrected chi connectivity index (χ3v) is 6.25. The van der Waals surface area contributed by atoms with Crippen molar-refractivity contribution >= 4 is 21.8 Å². The van der Waals surface area contributed by atoms with E-state index in [4.69, 9.17) is 9.47 Å². The zero-order chi connectivity index (χ0) is 22.6. The highest BCUT2D eigenvalue weighted by atomic mass is 32.2. The van der Waals surface area contributed by atoms with E-state index in [1.807, 2.05) is 37.3 Å². The lowest BCUT2D eigenvalue weighted by atomic mass is 10.1. The smallest absolute Gasteiger partial charge is 0.338 e. The summed E-state index contributed by atoms with van der Waals surface area (Å²) < 4.78 is 38.5. The Morgan fingerprint density at radius 2 is 1.66 bits per heavy atom. The van der Waals surface area contributed by atoms with Gasteiger partial charge in [0, 0.05) is 5.56 Å². The topological polar surface area (TPSA) is 94.1 Å². The van der Waals surface area contributed by atoms with E-state index < -0.39 is 22.1 Å². The normalized spacial score (nSPS) is 16.1. The van der Waals surface area contributed by atoms with Gasteiger partial charge in [-0.3, -0.25) is 9.71 Å². The number of nitrogens with one attached hydrogen (secondary N) is 1. The largest absolute Gasteiger partial charge is 0.490 e. The maximum atomic E-state index is 12.6. The molecule has 0 unspecified atom stereocenters. The Labute approximate surface area is 186 Å². The number of ether oxygens (including phenoxy) is 2. The zero-order valence-electron chi connectivity index (χ0n) is 17.4. The van der Waals surface area contributed by atoms with Crippen LogP contribution in [0.1, 0.15) is 21.5 Å². The van der Waals surface area contributed by atoms with Gasteiger partial charge in [0.1, 0.15) is 18.2 Å². The van der Waals surface area contributed by atoms with E-state index in [-0.39, 0.29) is 23.9 Å². The van der Waals surface area contributed by atoms with Gasteiger partial charge in [0.05, 0.1) is 17.0 Å². The summed E-state index contributed by atoms with van der Waals surface area (Å²) in [5.41, 5.74) is 1.93. The molecule has 7 nitrogen and oxygen atoms in total. The Kier molecular flexibility index (Phi) is 6.23. The van der Waals surface area contributed by atoms with E-state index >= 15 is 0 Å². The molecule has 0 aromatic heterocycles. The molecule has 4 rings (SSSR count). The summed E-state index contributed by atoms with van der Waals surface area (Å²) in [5.74, 6) is 0.347. The quantitative estimate of drug-likeness (QED) is 0.557. The lowest BCUT2D eigenvalue weighted by Crippen LogP contribution is -2.30. The minimum absolute atomic E-state index is 0.0244. The Morgan fingerprint density at radius 1 is 0.969 bits per heavy atom. The van der Waals surface area contributed by atoms with Crippen LogP contribution < -0.4 is 9.46 Å². The van der Waals surface area contributed by atoms with Crippen LogP contribution in [0.3, 0.4) is 0 Å². The molecule has 32 heavy (non-hydrogen) atoms. The first-order valence-electron chi connectivity index (χ1n) is 10.0. The van der Waals surface area contributed by atoms with Crippen molar-refractivity contribution in [2.75, 3.05) is 13.2 Å². The van der Waals surface area contributed by atoms with E-state index in [2.05, 4.69) is 9.71 Å². The van der Waals surface area contributed by atoms with Gasteiger partial charge in [-0.1, -0.05) is 48.0 Å². The minimum atomic E-state index is -3.65. The number of benzene rings is 3. The van der Waals surface area contributed by atoms with Crippen LogP contribution in [0.25, 0.3) is 0 Å². The summed E-state index contributed by atoms with van der Waals surface area (Å²) in [6, 6.07) is 22.8. The fourth-order valence-electron chi connectivity index (χ4n) is 3.18. The molecule has 3 aromatic carbocycles. The highest BCUT2D eigenvalue weighted by Crippen LogP contribution is 2.22. The fourth-order valence-corrected chi connectivity index (χ4v) is 4.43. The molecule has 0 saturated heterocycles. The van der Waals surface area contributed by atoms with Crippen molar-refractivity contribution in [1.29, 1.82) is 0 Å². The second-order valence-corrected chi connectivity index (χ2v) is 8.96. The third kappa shape index (κ3) is 4.97. The number of rotatable bonds is 7. The van der Waals surface area contributed by atoms with Gasteiger partial charge in [0.15, 0.2) is 6.10 Å². The van der Waals surface area contributed by atoms with Crippen LogP contribution in [0.2, 0.25) is 0 Å². The van der Waals surface area contributed by atoms with Gasteiger partial charge in [-0.2, -0.15) is 0 Å². The number of hydrogen-bond acceptors (Lipinski definition) is 6. The van der Waals surface area contributed by atoms with Gasteiger partial charge in [-0.25, -0.2) is 13.2 Å². The molecular formula is C24H22N2O5S. The SMILES string of the molecule is Cc1ccc(C(=O)O[C@H](CN=C2NS(=O)(=O)c3ccccc32)COc2ccccc2)cc1. The van der Waals surface area contributed by atoms with Gasteiger partial charge in [-0.15, -0.1) is 0 Å². The average Bonchev–Trinajstić information content (AvgIpc) is 3.07. The highest BCUT2D eigenvalue weighted by molar-refractivity contribution is 7.90. The fraction of sp³-hybridized carbons (Fsp3) is 0.167. The predicted octanol–water partition coefficient (Wildman–Crippen LogP) is 3.34. The van der Waals surface area contributed by atoms with Crippen molar-refractivity contribution < 1.29 is 22.7 Å². The van der Waals surface area contributed by atoms with Crippen molar-refractivity contribution in [3.63, 3.8) is 0 Å². The monoisotopic (exact) mass is 450 g/mol. The number of amidine groups is 1. The van der Waals surface area contributed by atoms with Crippen LogP contribution in [-0.2, 0) is 14.8 Å². The summed E-state index contributed by atoms with van der Waals surface area (Å²) in [6.07, 6.45) is -0.728. The first-order valence-corrected chi connectivity index (χ1v) is 11.5. The highest BCUT2D eigenvalue weighted by Gasteiger charge is 2.30. The second-order valence-electron chi connectivity index (χ2n) is 7.31. The number of carbonyl (C=O) groups excluding carboxylic acids is 1. The van der Waals surface area contributed by atoms with Gasteiger partial charge in [0.25, 0.3) is 10.0 Å². The molecule has 3 aromatic rings. The first-order chi connectivity index (χ1) is 15.4. The molecule has 1 N–H and O–H groups in total. The predicted molar refractivity (Wildman–Crippen MR) is 120 cm³/mol. The summed E-state index contributed by atoms with van der Waals surface area (Å²) in [5, 5.41) is 0. The molecule has 8 heteroatoms. The molecule has 1 heterocycles. The number of aryl methyl sites for hydroxylation is 1. The number of para-hydroxylation sites is 1. The van der Waals surface area contributed by atoms with Gasteiger partial charge in [0.2, 0.25) is 0 Å². The average molecular weight is 451 g/mol. The lowest BCUT2D eigenvalue weighted by Gasteiger charge is -2.17. The number of fused-ring (bicyclic) bond motifs is 1. The number of nitrogens with zero attached hydrogens (tertiary/aromatic N) is 1. The number of aliphatic imine (C=N–C) groups is 1. The third-order valence-electron chi connectivity index (χ3n) is 4.86. The maximum Gasteiger partial charge on any atom is 0.338 e. The van der Waals surface area contributed by atoms with Crippen LogP contribution in [-0.4, -0.2) is 39.5 Å². The first kappa shape index (κ1) is 21.6. The lowest BCUT2D eigenvalue weighted by molar-refractivity contribution is 0.0202. The summed E-state index contributed by atoms with van der Waals surface area (Å²) in [4.78, 5) is 17.2. The van der Waals surface area contributed by atoms with Crippen molar-refractivity contribution in [2.45, 2.75) is 17.9 Å². The molecule has 1 atom stereocenters. The summed E-state index contributed by atoms with van der Waals surface area (Å²) in [6.45, 7) is 2.02. The number of hydrogen-bond donors (Lipinski definition) is 1. The number of sulfonamides is 1.